The Balaban J connectivity index is 2.26. The maximum absolute atomic E-state index is 5.20. The molecule has 0 spiro atoms. The van der Waals surface area contributed by atoms with Crippen LogP contribution in [0.3, 0.4) is 0 Å². The molecule has 0 aromatic carbocycles. The number of nitrogens with zero attached hydrogens (tertiary/aromatic N) is 3. The second-order valence-electron chi connectivity index (χ2n) is 3.39. The van der Waals surface area contributed by atoms with Crippen LogP contribution in [0.15, 0.2) is 17.5 Å². The molecule has 0 fully saturated rings. The third-order valence-electron chi connectivity index (χ3n) is 2.37. The van der Waals surface area contributed by atoms with E-state index in [0.29, 0.717) is 17.3 Å². The first-order valence-electron chi connectivity index (χ1n) is 5.12. The quantitative estimate of drug-likeness (QED) is 0.738. The lowest BCUT2D eigenvalue weighted by atomic mass is 10.4. The molecule has 0 aliphatic carbocycles. The van der Waals surface area contributed by atoms with E-state index in [9.17, 15) is 0 Å². The Morgan fingerprint density at radius 3 is 2.56 bits per heavy atom. The monoisotopic (exact) mass is 279 g/mol. The topological polar surface area (TPSA) is 57.1 Å². The number of methoxy groups -OCH3 is 2. The van der Waals surface area contributed by atoms with Gasteiger partial charge >= 0.3 is 0 Å². The van der Waals surface area contributed by atoms with Crippen molar-refractivity contribution < 1.29 is 9.47 Å². The van der Waals surface area contributed by atoms with E-state index in [1.165, 1.54) is 11.3 Å². The van der Waals surface area contributed by atoms with Gasteiger partial charge in [-0.25, -0.2) is 4.98 Å². The Bertz CT molecular complexity index is 638. The maximum atomic E-state index is 5.20. The molecule has 3 heterocycles. The second kappa shape index (κ2) is 4.51. The zero-order valence-corrected chi connectivity index (χ0v) is 11.3. The van der Waals surface area contributed by atoms with Gasteiger partial charge in [0.05, 0.1) is 19.1 Å². The number of fused-ring (bicyclic) bond motifs is 1. The number of thiazole rings is 1. The van der Waals surface area contributed by atoms with Crippen molar-refractivity contribution in [3.63, 3.8) is 0 Å². The van der Waals surface area contributed by atoms with Gasteiger partial charge in [0.15, 0.2) is 5.52 Å². The number of rotatable bonds is 3. The summed E-state index contributed by atoms with van der Waals surface area (Å²) in [5, 5.41) is 10.9. The molecule has 0 aliphatic rings. The van der Waals surface area contributed by atoms with Crippen molar-refractivity contribution in [3.05, 3.63) is 17.5 Å². The summed E-state index contributed by atoms with van der Waals surface area (Å²) in [4.78, 5) is 5.67. The standard InChI is InChI=1S/C11H9N3O2S2/c1-15-9-7-8(10(16-2)14-13-9)18-11(12-7)6-4-3-5-17-6/h3-5H,1-2H3. The van der Waals surface area contributed by atoms with Crippen LogP contribution in [-0.4, -0.2) is 29.4 Å². The van der Waals surface area contributed by atoms with Crippen LogP contribution < -0.4 is 9.47 Å². The molecule has 0 atom stereocenters. The highest BCUT2D eigenvalue weighted by atomic mass is 32.1. The lowest BCUT2D eigenvalue weighted by Gasteiger charge is -2.00. The van der Waals surface area contributed by atoms with Crippen molar-refractivity contribution in [1.82, 2.24) is 15.2 Å². The molecular weight excluding hydrogens is 270 g/mol. The third kappa shape index (κ3) is 1.72. The number of thiophene rings is 1. The van der Waals surface area contributed by atoms with E-state index < -0.39 is 0 Å². The molecule has 0 N–H and O–H groups in total. The highest BCUT2D eigenvalue weighted by Gasteiger charge is 2.17. The molecule has 5 nitrogen and oxygen atoms in total. The summed E-state index contributed by atoms with van der Waals surface area (Å²) in [6.45, 7) is 0. The molecule has 0 amide bonds. The van der Waals surface area contributed by atoms with E-state index in [-0.39, 0.29) is 0 Å². The van der Waals surface area contributed by atoms with Gasteiger partial charge in [-0.2, -0.15) is 0 Å². The van der Waals surface area contributed by atoms with Gasteiger partial charge in [0, 0.05) is 0 Å². The van der Waals surface area contributed by atoms with Gasteiger partial charge in [-0.05, 0) is 11.4 Å². The van der Waals surface area contributed by atoms with Crippen LogP contribution >= 0.6 is 22.7 Å². The minimum atomic E-state index is 0.421. The van der Waals surface area contributed by atoms with Gasteiger partial charge in [0.1, 0.15) is 9.71 Å². The van der Waals surface area contributed by atoms with Gasteiger partial charge in [-0.3, -0.25) is 0 Å². The van der Waals surface area contributed by atoms with E-state index >= 15 is 0 Å². The summed E-state index contributed by atoms with van der Waals surface area (Å²) in [5.74, 6) is 0.899. The zero-order chi connectivity index (χ0) is 12.5. The smallest absolute Gasteiger partial charge is 0.261 e. The third-order valence-corrected chi connectivity index (χ3v) is 4.46. The predicted molar refractivity (Wildman–Crippen MR) is 71.6 cm³/mol. The van der Waals surface area contributed by atoms with Crippen LogP contribution in [0.4, 0.5) is 0 Å². The Labute approximate surface area is 111 Å². The minimum absolute atomic E-state index is 0.421. The molecule has 3 aromatic rings. The molecule has 0 aliphatic heterocycles. The Morgan fingerprint density at radius 1 is 1.11 bits per heavy atom. The minimum Gasteiger partial charge on any atom is -0.479 e. The van der Waals surface area contributed by atoms with Crippen molar-refractivity contribution >= 4 is 32.9 Å². The molecule has 92 valence electrons. The normalized spacial score (nSPS) is 10.8. The van der Waals surface area contributed by atoms with Crippen molar-refractivity contribution in [2.75, 3.05) is 14.2 Å². The first-order chi connectivity index (χ1) is 8.83. The Hall–Kier alpha value is -1.73. The molecule has 18 heavy (non-hydrogen) atoms. The molecular formula is C11H9N3O2S2. The van der Waals surface area contributed by atoms with Crippen molar-refractivity contribution in [2.45, 2.75) is 0 Å². The van der Waals surface area contributed by atoms with Gasteiger partial charge in [-0.15, -0.1) is 32.9 Å². The summed E-state index contributed by atoms with van der Waals surface area (Å²) in [5.41, 5.74) is 0.692. The molecule has 0 radical (unpaired) electrons. The Morgan fingerprint density at radius 2 is 1.89 bits per heavy atom. The van der Waals surface area contributed by atoms with Crippen LogP contribution in [0.5, 0.6) is 11.8 Å². The van der Waals surface area contributed by atoms with Crippen molar-refractivity contribution in [1.29, 1.82) is 0 Å². The van der Waals surface area contributed by atoms with Crippen LogP contribution in [-0.2, 0) is 0 Å². The van der Waals surface area contributed by atoms with Gasteiger partial charge in [-0.1, -0.05) is 6.07 Å². The fraction of sp³-hybridized carbons (Fsp3) is 0.182. The van der Waals surface area contributed by atoms with E-state index in [2.05, 4.69) is 15.2 Å². The molecule has 7 heteroatoms. The van der Waals surface area contributed by atoms with Gasteiger partial charge in [0.2, 0.25) is 0 Å². The fourth-order valence-corrected chi connectivity index (χ4v) is 3.39. The molecule has 3 rings (SSSR count). The maximum Gasteiger partial charge on any atom is 0.261 e. The average molecular weight is 279 g/mol. The van der Waals surface area contributed by atoms with Gasteiger partial charge < -0.3 is 9.47 Å². The van der Waals surface area contributed by atoms with E-state index in [0.717, 1.165) is 14.6 Å². The van der Waals surface area contributed by atoms with E-state index in [4.69, 9.17) is 9.47 Å². The number of hydrogen-bond acceptors (Lipinski definition) is 7. The van der Waals surface area contributed by atoms with Crippen LogP contribution in [0.25, 0.3) is 20.1 Å². The zero-order valence-electron chi connectivity index (χ0n) is 9.71. The molecule has 3 aromatic heterocycles. The van der Waals surface area contributed by atoms with Crippen LogP contribution in [0.1, 0.15) is 0 Å². The first kappa shape index (κ1) is 11.4. The first-order valence-corrected chi connectivity index (χ1v) is 6.82. The predicted octanol–water partition coefficient (Wildman–Crippen LogP) is 2.83. The highest BCUT2D eigenvalue weighted by Crippen LogP contribution is 2.38. The molecule has 0 saturated heterocycles. The number of hydrogen-bond donors (Lipinski definition) is 0. The second-order valence-corrected chi connectivity index (χ2v) is 5.34. The molecule has 0 saturated carbocycles. The number of ether oxygens (including phenoxy) is 2. The lowest BCUT2D eigenvalue weighted by molar-refractivity contribution is 0.376. The van der Waals surface area contributed by atoms with E-state index in [1.54, 1.807) is 25.6 Å². The average Bonchev–Trinajstić information content (AvgIpc) is 3.05. The SMILES string of the molecule is COc1nnc(OC)c2sc(-c3cccs3)nc12. The lowest BCUT2D eigenvalue weighted by Crippen LogP contribution is -1.95. The van der Waals surface area contributed by atoms with Crippen LogP contribution in [0, 0.1) is 0 Å². The molecule has 0 unspecified atom stereocenters. The largest absolute Gasteiger partial charge is 0.479 e. The summed E-state index contributed by atoms with van der Waals surface area (Å²) < 4.78 is 11.2. The summed E-state index contributed by atoms with van der Waals surface area (Å²) in [6, 6.07) is 4.03. The highest BCUT2D eigenvalue weighted by molar-refractivity contribution is 7.25. The van der Waals surface area contributed by atoms with Crippen molar-refractivity contribution in [3.8, 4) is 21.6 Å². The van der Waals surface area contributed by atoms with Crippen LogP contribution in [0.2, 0.25) is 0 Å². The Kier molecular flexibility index (Phi) is 2.85. The van der Waals surface area contributed by atoms with Crippen molar-refractivity contribution in [2.24, 2.45) is 0 Å². The van der Waals surface area contributed by atoms with E-state index in [1.807, 2.05) is 17.5 Å². The van der Waals surface area contributed by atoms with Gasteiger partial charge in [0.25, 0.3) is 11.8 Å². The molecule has 0 bridgehead atoms. The number of aromatic nitrogens is 3. The fourth-order valence-electron chi connectivity index (χ4n) is 1.57. The summed E-state index contributed by atoms with van der Waals surface area (Å²) >= 11 is 3.17. The summed E-state index contributed by atoms with van der Waals surface area (Å²) in [6.07, 6.45) is 0. The summed E-state index contributed by atoms with van der Waals surface area (Å²) in [7, 11) is 3.13.